The molecule has 0 spiro atoms. The molecule has 3 rings (SSSR count). The lowest BCUT2D eigenvalue weighted by atomic mass is 10.2. The van der Waals surface area contributed by atoms with Gasteiger partial charge in [0.2, 0.25) is 0 Å². The molecule has 0 saturated heterocycles. The Morgan fingerprint density at radius 1 is 0.947 bits per heavy atom. The molecule has 4 heteroatoms. The molecule has 19 heavy (non-hydrogen) atoms. The topological polar surface area (TPSA) is 49.7 Å². The summed E-state index contributed by atoms with van der Waals surface area (Å²) in [6, 6.07) is 14.1. The standard InChI is InChI=1S/C15H12O3S/c16-11-2-1-3-13(8-11)18-9-14-7-10-6-12(17)4-5-15(10)19-14/h1-8,16-17H,9H2. The number of fused-ring (bicyclic) bond motifs is 1. The average molecular weight is 272 g/mol. The lowest BCUT2D eigenvalue weighted by molar-refractivity contribution is 0.308. The number of thiophene rings is 1. The van der Waals surface area contributed by atoms with Crippen LogP contribution in [-0.2, 0) is 6.61 Å². The van der Waals surface area contributed by atoms with Crippen molar-refractivity contribution in [3.05, 3.63) is 53.4 Å². The van der Waals surface area contributed by atoms with Gasteiger partial charge in [0, 0.05) is 15.6 Å². The van der Waals surface area contributed by atoms with Gasteiger partial charge in [-0.15, -0.1) is 11.3 Å². The minimum atomic E-state index is 0.193. The molecule has 0 aliphatic carbocycles. The fraction of sp³-hybridized carbons (Fsp3) is 0.0667. The van der Waals surface area contributed by atoms with E-state index in [9.17, 15) is 10.2 Å². The molecule has 0 radical (unpaired) electrons. The summed E-state index contributed by atoms with van der Waals surface area (Å²) < 4.78 is 6.74. The molecule has 0 atom stereocenters. The van der Waals surface area contributed by atoms with Crippen LogP contribution >= 0.6 is 11.3 Å². The van der Waals surface area contributed by atoms with E-state index in [1.165, 1.54) is 0 Å². The zero-order valence-electron chi connectivity index (χ0n) is 10.0. The van der Waals surface area contributed by atoms with Gasteiger partial charge >= 0.3 is 0 Å². The smallest absolute Gasteiger partial charge is 0.123 e. The molecule has 0 amide bonds. The SMILES string of the molecule is Oc1cccc(OCc2cc3cc(O)ccc3s2)c1. The maximum Gasteiger partial charge on any atom is 0.123 e. The molecule has 0 fully saturated rings. The van der Waals surface area contributed by atoms with Gasteiger partial charge in [0.05, 0.1) is 0 Å². The summed E-state index contributed by atoms with van der Waals surface area (Å²) in [6.45, 7) is 0.448. The third kappa shape index (κ3) is 2.63. The highest BCUT2D eigenvalue weighted by Crippen LogP contribution is 2.29. The summed E-state index contributed by atoms with van der Waals surface area (Å²) in [5, 5.41) is 19.8. The van der Waals surface area contributed by atoms with Gasteiger partial charge in [-0.25, -0.2) is 0 Å². The number of phenols is 2. The van der Waals surface area contributed by atoms with Crippen LogP contribution in [0.3, 0.4) is 0 Å². The number of aromatic hydroxyl groups is 2. The summed E-state index contributed by atoms with van der Waals surface area (Å²) in [5.41, 5.74) is 0. The number of hydrogen-bond acceptors (Lipinski definition) is 4. The molecular weight excluding hydrogens is 260 g/mol. The van der Waals surface area contributed by atoms with E-state index >= 15 is 0 Å². The summed E-state index contributed by atoms with van der Waals surface area (Å²) in [4.78, 5) is 1.07. The largest absolute Gasteiger partial charge is 0.508 e. The van der Waals surface area contributed by atoms with Gasteiger partial charge in [-0.05, 0) is 41.8 Å². The van der Waals surface area contributed by atoms with Crippen molar-refractivity contribution in [3.63, 3.8) is 0 Å². The molecule has 0 unspecified atom stereocenters. The van der Waals surface area contributed by atoms with E-state index in [2.05, 4.69) is 0 Å². The Morgan fingerprint density at radius 3 is 2.63 bits per heavy atom. The summed E-state index contributed by atoms with van der Waals surface area (Å²) in [7, 11) is 0. The zero-order valence-corrected chi connectivity index (χ0v) is 10.9. The number of benzene rings is 2. The van der Waals surface area contributed by atoms with Crippen molar-refractivity contribution < 1.29 is 14.9 Å². The van der Waals surface area contributed by atoms with Crippen LogP contribution in [0.5, 0.6) is 17.2 Å². The second kappa shape index (κ2) is 4.82. The van der Waals surface area contributed by atoms with E-state index in [1.807, 2.05) is 12.1 Å². The number of phenolic OH excluding ortho intramolecular Hbond substituents is 2. The van der Waals surface area contributed by atoms with Crippen LogP contribution in [0, 0.1) is 0 Å². The van der Waals surface area contributed by atoms with Gasteiger partial charge in [0.15, 0.2) is 0 Å². The molecule has 96 valence electrons. The lowest BCUT2D eigenvalue weighted by Gasteiger charge is -2.04. The van der Waals surface area contributed by atoms with Crippen molar-refractivity contribution in [3.8, 4) is 17.2 Å². The predicted molar refractivity (Wildman–Crippen MR) is 75.9 cm³/mol. The van der Waals surface area contributed by atoms with Crippen molar-refractivity contribution in [1.82, 2.24) is 0 Å². The second-order valence-corrected chi connectivity index (χ2v) is 5.39. The van der Waals surface area contributed by atoms with Crippen molar-refractivity contribution in [2.24, 2.45) is 0 Å². The Labute approximate surface area is 114 Å². The molecule has 0 aliphatic rings. The first-order chi connectivity index (χ1) is 9.20. The molecule has 0 aliphatic heterocycles. The van der Waals surface area contributed by atoms with Crippen molar-refractivity contribution in [2.45, 2.75) is 6.61 Å². The minimum Gasteiger partial charge on any atom is -0.508 e. The van der Waals surface area contributed by atoms with Crippen LogP contribution in [0.1, 0.15) is 4.88 Å². The summed E-state index contributed by atoms with van der Waals surface area (Å²) in [5.74, 6) is 1.10. The molecule has 1 heterocycles. The molecule has 3 nitrogen and oxygen atoms in total. The molecule has 1 aromatic heterocycles. The molecule has 3 aromatic rings. The van der Waals surface area contributed by atoms with E-state index in [1.54, 1.807) is 47.7 Å². The van der Waals surface area contributed by atoms with E-state index in [0.717, 1.165) is 15.0 Å². The molecule has 2 aromatic carbocycles. The van der Waals surface area contributed by atoms with Crippen LogP contribution in [-0.4, -0.2) is 10.2 Å². The Kier molecular flexibility index (Phi) is 3.01. The van der Waals surface area contributed by atoms with Crippen molar-refractivity contribution >= 4 is 21.4 Å². The number of rotatable bonds is 3. The highest BCUT2D eigenvalue weighted by Gasteiger charge is 2.04. The molecular formula is C15H12O3S. The Hall–Kier alpha value is -2.20. The Balaban J connectivity index is 1.78. The quantitative estimate of drug-likeness (QED) is 0.760. The first-order valence-corrected chi connectivity index (χ1v) is 6.66. The monoisotopic (exact) mass is 272 g/mol. The normalized spacial score (nSPS) is 10.7. The molecule has 2 N–H and O–H groups in total. The third-order valence-electron chi connectivity index (χ3n) is 2.75. The van der Waals surface area contributed by atoms with E-state index in [4.69, 9.17) is 4.74 Å². The van der Waals surface area contributed by atoms with Gasteiger partial charge in [0.1, 0.15) is 23.9 Å². The predicted octanol–water partition coefficient (Wildman–Crippen LogP) is 3.89. The van der Waals surface area contributed by atoms with Gasteiger partial charge < -0.3 is 14.9 Å². The van der Waals surface area contributed by atoms with Crippen LogP contribution in [0.25, 0.3) is 10.1 Å². The van der Waals surface area contributed by atoms with Crippen LogP contribution in [0.15, 0.2) is 48.5 Å². The molecule has 0 bridgehead atoms. The minimum absolute atomic E-state index is 0.193. The highest BCUT2D eigenvalue weighted by molar-refractivity contribution is 7.19. The van der Waals surface area contributed by atoms with Gasteiger partial charge in [-0.2, -0.15) is 0 Å². The first-order valence-electron chi connectivity index (χ1n) is 5.84. The maximum atomic E-state index is 9.42. The summed E-state index contributed by atoms with van der Waals surface area (Å²) in [6.07, 6.45) is 0. The van der Waals surface area contributed by atoms with E-state index in [-0.39, 0.29) is 11.5 Å². The second-order valence-electron chi connectivity index (χ2n) is 4.22. The highest BCUT2D eigenvalue weighted by atomic mass is 32.1. The van der Waals surface area contributed by atoms with Gasteiger partial charge in [0.25, 0.3) is 0 Å². The fourth-order valence-corrected chi connectivity index (χ4v) is 2.84. The lowest BCUT2D eigenvalue weighted by Crippen LogP contribution is -1.91. The van der Waals surface area contributed by atoms with E-state index < -0.39 is 0 Å². The number of hydrogen-bond donors (Lipinski definition) is 2. The van der Waals surface area contributed by atoms with Gasteiger partial charge in [-0.3, -0.25) is 0 Å². The van der Waals surface area contributed by atoms with Crippen LogP contribution in [0.2, 0.25) is 0 Å². The van der Waals surface area contributed by atoms with Crippen molar-refractivity contribution in [2.75, 3.05) is 0 Å². The average Bonchev–Trinajstić information content (AvgIpc) is 2.78. The van der Waals surface area contributed by atoms with Crippen molar-refractivity contribution in [1.29, 1.82) is 0 Å². The third-order valence-corrected chi connectivity index (χ3v) is 3.84. The Morgan fingerprint density at radius 2 is 1.79 bits per heavy atom. The van der Waals surface area contributed by atoms with Gasteiger partial charge in [-0.1, -0.05) is 6.07 Å². The van der Waals surface area contributed by atoms with E-state index in [0.29, 0.717) is 12.4 Å². The zero-order chi connectivity index (χ0) is 13.2. The number of ether oxygens (including phenoxy) is 1. The fourth-order valence-electron chi connectivity index (χ4n) is 1.88. The molecule has 0 saturated carbocycles. The summed E-state index contributed by atoms with van der Waals surface area (Å²) >= 11 is 1.63. The van der Waals surface area contributed by atoms with Crippen LogP contribution < -0.4 is 4.74 Å². The maximum absolute atomic E-state index is 9.42. The first kappa shape index (κ1) is 11.9. The Bertz CT molecular complexity index is 718. The van der Waals surface area contributed by atoms with Crippen LogP contribution in [0.4, 0.5) is 0 Å².